The molecule has 0 unspecified atom stereocenters. The minimum atomic E-state index is 0.0366. The second-order valence-electron chi connectivity index (χ2n) is 9.06. The summed E-state index contributed by atoms with van der Waals surface area (Å²) in [4.78, 5) is 16.6. The van der Waals surface area contributed by atoms with E-state index in [0.717, 1.165) is 43.9 Å². The van der Waals surface area contributed by atoms with Gasteiger partial charge in [-0.2, -0.15) is 5.10 Å². The maximum absolute atomic E-state index is 12.8. The van der Waals surface area contributed by atoms with Crippen molar-refractivity contribution < 1.29 is 9.69 Å². The summed E-state index contributed by atoms with van der Waals surface area (Å²) in [6.07, 6.45) is 10.4. The third-order valence-electron chi connectivity index (χ3n) is 7.54. The minimum absolute atomic E-state index is 0.0366. The van der Waals surface area contributed by atoms with Gasteiger partial charge in [0.2, 0.25) is 0 Å². The van der Waals surface area contributed by atoms with E-state index in [1.165, 1.54) is 38.5 Å². The molecule has 0 atom stereocenters. The van der Waals surface area contributed by atoms with Crippen LogP contribution < -0.4 is 4.90 Å². The molecule has 6 heteroatoms. The summed E-state index contributed by atoms with van der Waals surface area (Å²) in [5, 5.41) is 4.57. The van der Waals surface area contributed by atoms with Crippen molar-refractivity contribution in [2.24, 2.45) is 24.8 Å². The fourth-order valence-electron chi connectivity index (χ4n) is 6.85. The van der Waals surface area contributed by atoms with E-state index in [0.29, 0.717) is 16.3 Å². The van der Waals surface area contributed by atoms with Crippen molar-refractivity contribution in [3.8, 4) is 0 Å². The van der Waals surface area contributed by atoms with Crippen LogP contribution in [0.3, 0.4) is 0 Å². The number of piperazine rings is 1. The largest absolute Gasteiger partial charge is 0.327 e. The first kappa shape index (κ1) is 16.1. The van der Waals surface area contributed by atoms with E-state index in [9.17, 15) is 4.79 Å². The topological polar surface area (TPSA) is 42.6 Å². The third kappa shape index (κ3) is 2.54. The first-order chi connectivity index (χ1) is 12.0. The SMILES string of the molecule is Cn1ncc(Cl)c1C(=O)N1CC[NH+](C23CC4CC(CC(C4)C2)C3)CC1. The monoisotopic (exact) mass is 363 g/mol. The zero-order valence-corrected chi connectivity index (χ0v) is 15.8. The zero-order chi connectivity index (χ0) is 17.2. The maximum atomic E-state index is 12.8. The average Bonchev–Trinajstić information content (AvgIpc) is 2.92. The van der Waals surface area contributed by atoms with Crippen LogP contribution in [0.1, 0.15) is 49.0 Å². The molecule has 4 aliphatic carbocycles. The van der Waals surface area contributed by atoms with E-state index in [4.69, 9.17) is 11.6 Å². The molecule has 1 amide bonds. The molecule has 4 saturated carbocycles. The van der Waals surface area contributed by atoms with Gasteiger partial charge in [0.25, 0.3) is 5.91 Å². The van der Waals surface area contributed by atoms with Crippen LogP contribution in [-0.4, -0.2) is 52.3 Å². The zero-order valence-electron chi connectivity index (χ0n) is 15.0. The van der Waals surface area contributed by atoms with Crippen molar-refractivity contribution in [1.82, 2.24) is 14.7 Å². The molecule has 1 saturated heterocycles. The summed E-state index contributed by atoms with van der Waals surface area (Å²) < 4.78 is 1.60. The number of hydrogen-bond donors (Lipinski definition) is 1. The van der Waals surface area contributed by atoms with Crippen LogP contribution >= 0.6 is 11.6 Å². The molecule has 1 aromatic heterocycles. The van der Waals surface area contributed by atoms with Crippen molar-refractivity contribution in [3.63, 3.8) is 0 Å². The van der Waals surface area contributed by atoms with Crippen molar-refractivity contribution in [1.29, 1.82) is 0 Å². The molecule has 5 nitrogen and oxygen atoms in total. The number of quaternary nitrogens is 1. The quantitative estimate of drug-likeness (QED) is 0.862. The van der Waals surface area contributed by atoms with Gasteiger partial charge in [-0.1, -0.05) is 11.6 Å². The molecule has 1 aromatic rings. The molecule has 5 fully saturated rings. The van der Waals surface area contributed by atoms with Gasteiger partial charge in [0.05, 0.1) is 42.9 Å². The van der Waals surface area contributed by atoms with Crippen LogP contribution in [-0.2, 0) is 7.05 Å². The van der Waals surface area contributed by atoms with Gasteiger partial charge in [-0.05, 0) is 37.0 Å². The van der Waals surface area contributed by atoms with E-state index >= 15 is 0 Å². The standard InChI is InChI=1S/C19H27ClN4O/c1-22-17(16(20)12-21-22)18(25)23-2-4-24(5-3-23)19-9-13-6-14(10-19)8-15(7-13)11-19/h12-15H,2-11H2,1H3/p+1. The number of carbonyl (C=O) groups is 1. The van der Waals surface area contributed by atoms with Crippen molar-refractivity contribution in [3.05, 3.63) is 16.9 Å². The normalized spacial score (nSPS) is 37.7. The predicted octanol–water partition coefficient (Wildman–Crippen LogP) is 1.38. The number of halogens is 1. The highest BCUT2D eigenvalue weighted by atomic mass is 35.5. The van der Waals surface area contributed by atoms with Crippen LogP contribution in [0, 0.1) is 17.8 Å². The van der Waals surface area contributed by atoms with Gasteiger partial charge < -0.3 is 9.80 Å². The van der Waals surface area contributed by atoms with Gasteiger partial charge in [-0.25, -0.2) is 0 Å². The van der Waals surface area contributed by atoms with Crippen molar-refractivity contribution >= 4 is 17.5 Å². The third-order valence-corrected chi connectivity index (χ3v) is 7.82. The number of hydrogen-bond acceptors (Lipinski definition) is 2. The molecule has 5 aliphatic rings. The Balaban J connectivity index is 1.28. The van der Waals surface area contributed by atoms with Gasteiger partial charge in [0, 0.05) is 26.3 Å². The second-order valence-corrected chi connectivity index (χ2v) is 9.47. The molecule has 25 heavy (non-hydrogen) atoms. The Kier molecular flexibility index (Phi) is 3.69. The first-order valence-corrected chi connectivity index (χ1v) is 10.2. The highest BCUT2D eigenvalue weighted by Crippen LogP contribution is 2.54. The van der Waals surface area contributed by atoms with Gasteiger partial charge >= 0.3 is 0 Å². The summed E-state index contributed by atoms with van der Waals surface area (Å²) >= 11 is 6.16. The Labute approximate surface area is 154 Å². The summed E-state index contributed by atoms with van der Waals surface area (Å²) in [5.74, 6) is 3.01. The van der Waals surface area contributed by atoms with Crippen molar-refractivity contribution in [2.45, 2.75) is 44.1 Å². The van der Waals surface area contributed by atoms with Crippen LogP contribution in [0.5, 0.6) is 0 Å². The second kappa shape index (κ2) is 5.71. The average molecular weight is 364 g/mol. The van der Waals surface area contributed by atoms with Gasteiger partial charge in [0.15, 0.2) is 0 Å². The van der Waals surface area contributed by atoms with E-state index in [2.05, 4.69) is 5.10 Å². The molecule has 1 N–H and O–H groups in total. The fraction of sp³-hybridized carbons (Fsp3) is 0.789. The molecular formula is C19H28ClN4O+. The van der Waals surface area contributed by atoms with E-state index < -0.39 is 0 Å². The Morgan fingerprint density at radius 3 is 2.20 bits per heavy atom. The molecule has 0 aromatic carbocycles. The van der Waals surface area contributed by atoms with Crippen LogP contribution in [0.2, 0.25) is 5.02 Å². The lowest BCUT2D eigenvalue weighted by Gasteiger charge is -2.59. The molecule has 2 heterocycles. The Morgan fingerprint density at radius 2 is 1.72 bits per heavy atom. The Hall–Kier alpha value is -1.07. The number of amides is 1. The minimum Gasteiger partial charge on any atom is -0.327 e. The maximum Gasteiger partial charge on any atom is 0.274 e. The molecule has 1 aliphatic heterocycles. The summed E-state index contributed by atoms with van der Waals surface area (Å²) in [6, 6.07) is 0. The summed E-state index contributed by atoms with van der Waals surface area (Å²) in [7, 11) is 1.79. The number of carbonyl (C=O) groups excluding carboxylic acids is 1. The van der Waals surface area contributed by atoms with Gasteiger partial charge in [-0.3, -0.25) is 9.48 Å². The van der Waals surface area contributed by atoms with Gasteiger partial charge in [-0.15, -0.1) is 0 Å². The van der Waals surface area contributed by atoms with Crippen molar-refractivity contribution in [2.75, 3.05) is 26.2 Å². The molecular weight excluding hydrogens is 336 g/mol. The number of rotatable bonds is 2. The smallest absolute Gasteiger partial charge is 0.274 e. The number of nitrogens with one attached hydrogen (secondary N) is 1. The predicted molar refractivity (Wildman–Crippen MR) is 95.7 cm³/mol. The Morgan fingerprint density at radius 1 is 1.16 bits per heavy atom. The first-order valence-electron chi connectivity index (χ1n) is 9.86. The van der Waals surface area contributed by atoms with E-state index in [1.807, 2.05) is 4.90 Å². The summed E-state index contributed by atoms with van der Waals surface area (Å²) in [5.41, 5.74) is 1.06. The number of aryl methyl sites for hydroxylation is 1. The van der Waals surface area contributed by atoms with Crippen LogP contribution in [0.25, 0.3) is 0 Å². The highest BCUT2D eigenvalue weighted by Gasteiger charge is 2.56. The molecule has 6 rings (SSSR count). The van der Waals surface area contributed by atoms with Crippen LogP contribution in [0.15, 0.2) is 6.20 Å². The summed E-state index contributed by atoms with van der Waals surface area (Å²) in [6.45, 7) is 3.87. The molecule has 0 radical (unpaired) electrons. The lowest BCUT2D eigenvalue weighted by atomic mass is 9.52. The number of nitrogens with zero attached hydrogens (tertiary/aromatic N) is 3. The molecule has 136 valence electrons. The van der Waals surface area contributed by atoms with E-state index in [1.54, 1.807) is 22.8 Å². The lowest BCUT2D eigenvalue weighted by molar-refractivity contribution is -0.962. The molecule has 0 spiro atoms. The fourth-order valence-corrected chi connectivity index (χ4v) is 7.10. The molecule has 4 bridgehead atoms. The van der Waals surface area contributed by atoms with Crippen LogP contribution in [0.4, 0.5) is 0 Å². The lowest BCUT2D eigenvalue weighted by Crippen LogP contribution is -3.23. The highest BCUT2D eigenvalue weighted by molar-refractivity contribution is 6.33. The number of aromatic nitrogens is 2. The Bertz CT molecular complexity index is 637. The van der Waals surface area contributed by atoms with Gasteiger partial charge in [0.1, 0.15) is 5.69 Å². The van der Waals surface area contributed by atoms with E-state index in [-0.39, 0.29) is 5.91 Å².